The van der Waals surface area contributed by atoms with Gasteiger partial charge in [0.1, 0.15) is 5.57 Å². The second-order valence-electron chi connectivity index (χ2n) is 7.41. The molecule has 0 spiro atoms. The van der Waals surface area contributed by atoms with Crippen molar-refractivity contribution in [2.24, 2.45) is 10.7 Å². The molecule has 158 valence electrons. The molecule has 4 nitrogen and oxygen atoms in total. The van der Waals surface area contributed by atoms with E-state index in [2.05, 4.69) is 11.6 Å². The first-order valence-electron chi connectivity index (χ1n) is 9.60. The Kier molecular flexibility index (Phi) is 7.27. The molecule has 29 heavy (non-hydrogen) atoms. The number of nitrogens with two attached hydrogens (primary N) is 1. The fraction of sp³-hybridized carbons (Fsp3) is 0.455. The molecule has 1 aromatic rings. The summed E-state index contributed by atoms with van der Waals surface area (Å²) in [6.45, 7) is 9.85. The Morgan fingerprint density at radius 3 is 2.24 bits per heavy atom. The SMILES string of the molecule is C=C(c1c(C)cccc1C)C(C)N(C(=O)C(C(F)=NC)=C(N)C(F)F)C1CCC1. The number of carbonyl (C=O) groups excluding carboxylic acids is 1. The molecule has 0 saturated heterocycles. The lowest BCUT2D eigenvalue weighted by molar-refractivity contribution is -0.132. The van der Waals surface area contributed by atoms with Gasteiger partial charge in [0.05, 0.1) is 11.7 Å². The van der Waals surface area contributed by atoms with E-state index in [9.17, 15) is 18.0 Å². The molecule has 0 aromatic heterocycles. The molecule has 2 N–H and O–H groups in total. The monoisotopic (exact) mass is 407 g/mol. The van der Waals surface area contributed by atoms with Crippen molar-refractivity contribution in [2.45, 2.75) is 58.5 Å². The van der Waals surface area contributed by atoms with Crippen LogP contribution in [0.4, 0.5) is 13.2 Å². The van der Waals surface area contributed by atoms with Crippen LogP contribution < -0.4 is 5.73 Å². The highest BCUT2D eigenvalue weighted by Gasteiger charge is 2.38. The molecule has 1 saturated carbocycles. The normalized spacial score (nSPS) is 16.9. The van der Waals surface area contributed by atoms with Crippen molar-refractivity contribution in [2.75, 3.05) is 7.05 Å². The van der Waals surface area contributed by atoms with Gasteiger partial charge in [0, 0.05) is 13.1 Å². The van der Waals surface area contributed by atoms with Gasteiger partial charge in [-0.3, -0.25) is 9.79 Å². The number of amides is 1. The maximum Gasteiger partial charge on any atom is 0.278 e. The molecule has 0 radical (unpaired) electrons. The lowest BCUT2D eigenvalue weighted by Crippen LogP contribution is -2.51. The summed E-state index contributed by atoms with van der Waals surface area (Å²) >= 11 is 0. The number of alkyl halides is 2. The van der Waals surface area contributed by atoms with E-state index in [0.29, 0.717) is 18.4 Å². The number of aryl methyl sites for hydroxylation is 2. The first kappa shape index (κ1) is 22.7. The molecule has 1 unspecified atom stereocenters. The molecule has 1 amide bonds. The summed E-state index contributed by atoms with van der Waals surface area (Å²) < 4.78 is 40.8. The smallest absolute Gasteiger partial charge is 0.278 e. The molecule has 1 fully saturated rings. The fourth-order valence-electron chi connectivity index (χ4n) is 3.70. The van der Waals surface area contributed by atoms with Gasteiger partial charge in [-0.25, -0.2) is 8.78 Å². The Balaban J connectivity index is 2.52. The van der Waals surface area contributed by atoms with E-state index in [-0.39, 0.29) is 6.04 Å². The van der Waals surface area contributed by atoms with Gasteiger partial charge >= 0.3 is 0 Å². The van der Waals surface area contributed by atoms with E-state index in [0.717, 1.165) is 30.2 Å². The van der Waals surface area contributed by atoms with Gasteiger partial charge in [-0.15, -0.1) is 0 Å². The van der Waals surface area contributed by atoms with Crippen LogP contribution in [-0.4, -0.2) is 42.3 Å². The van der Waals surface area contributed by atoms with Crippen molar-refractivity contribution in [3.05, 3.63) is 52.7 Å². The van der Waals surface area contributed by atoms with Gasteiger partial charge < -0.3 is 10.6 Å². The highest BCUT2D eigenvalue weighted by Crippen LogP contribution is 2.34. The number of benzene rings is 1. The number of rotatable bonds is 7. The predicted octanol–water partition coefficient (Wildman–Crippen LogP) is 4.56. The topological polar surface area (TPSA) is 58.7 Å². The van der Waals surface area contributed by atoms with E-state index >= 15 is 0 Å². The molecular formula is C22H28F3N3O. The van der Waals surface area contributed by atoms with E-state index in [4.69, 9.17) is 5.73 Å². The largest absolute Gasteiger partial charge is 0.397 e. The molecule has 1 aliphatic carbocycles. The first-order chi connectivity index (χ1) is 13.6. The third kappa shape index (κ3) is 4.54. The Morgan fingerprint density at radius 1 is 1.28 bits per heavy atom. The van der Waals surface area contributed by atoms with Crippen molar-refractivity contribution < 1.29 is 18.0 Å². The van der Waals surface area contributed by atoms with E-state index < -0.39 is 35.6 Å². The number of aliphatic imine (C=N–C) groups is 1. The van der Waals surface area contributed by atoms with Crippen molar-refractivity contribution in [1.29, 1.82) is 0 Å². The minimum atomic E-state index is -3.16. The summed E-state index contributed by atoms with van der Waals surface area (Å²) in [6.07, 6.45) is -0.835. The molecule has 1 aromatic carbocycles. The van der Waals surface area contributed by atoms with E-state index in [1.54, 1.807) is 6.92 Å². The molecule has 2 rings (SSSR count). The number of allylic oxidation sites excluding steroid dienone is 1. The zero-order chi connectivity index (χ0) is 21.9. The van der Waals surface area contributed by atoms with Crippen molar-refractivity contribution in [3.8, 4) is 0 Å². The van der Waals surface area contributed by atoms with Crippen molar-refractivity contribution >= 4 is 17.4 Å². The summed E-state index contributed by atoms with van der Waals surface area (Å²) in [4.78, 5) is 18.0. The maximum atomic E-state index is 14.3. The summed E-state index contributed by atoms with van der Waals surface area (Å²) in [5.41, 5.74) is 7.01. The average molecular weight is 407 g/mol. The minimum Gasteiger partial charge on any atom is -0.397 e. The highest BCUT2D eigenvalue weighted by atomic mass is 19.3. The third-order valence-corrected chi connectivity index (χ3v) is 5.57. The lowest BCUT2D eigenvalue weighted by Gasteiger charge is -2.42. The number of hydrogen-bond acceptors (Lipinski definition) is 3. The third-order valence-electron chi connectivity index (χ3n) is 5.57. The molecule has 1 aliphatic rings. The standard InChI is InChI=1S/C22H28F3N3O/c1-12-8-6-9-13(2)17(12)14(3)15(4)28(16-10-7-11-16)22(29)18(21(25)27-5)19(26)20(23)24/h6,8-9,15-16,20H,3,7,10-11,26H2,1-2,4-5H3. The zero-order valence-electron chi connectivity index (χ0n) is 17.3. The van der Waals surface area contributed by atoms with E-state index in [1.165, 1.54) is 4.90 Å². The van der Waals surface area contributed by atoms with Crippen LogP contribution in [0.15, 0.2) is 41.0 Å². The Hall–Kier alpha value is -2.57. The summed E-state index contributed by atoms with van der Waals surface area (Å²) in [5, 5.41) is 0. The quantitative estimate of drug-likeness (QED) is 0.532. The fourth-order valence-corrected chi connectivity index (χ4v) is 3.70. The summed E-state index contributed by atoms with van der Waals surface area (Å²) in [7, 11) is 1.09. The first-order valence-corrected chi connectivity index (χ1v) is 9.60. The zero-order valence-corrected chi connectivity index (χ0v) is 17.3. The van der Waals surface area contributed by atoms with Gasteiger partial charge in [-0.2, -0.15) is 4.39 Å². The predicted molar refractivity (Wildman–Crippen MR) is 111 cm³/mol. The highest BCUT2D eigenvalue weighted by molar-refractivity contribution is 6.19. The lowest BCUT2D eigenvalue weighted by atomic mass is 9.86. The van der Waals surface area contributed by atoms with Gasteiger partial charge in [0.25, 0.3) is 12.3 Å². The second kappa shape index (κ2) is 9.29. The van der Waals surface area contributed by atoms with Gasteiger partial charge in [0.2, 0.25) is 5.97 Å². The van der Waals surface area contributed by atoms with Crippen LogP contribution in [0, 0.1) is 13.8 Å². The van der Waals surface area contributed by atoms with Gasteiger partial charge in [0.15, 0.2) is 0 Å². The number of halogens is 3. The van der Waals surface area contributed by atoms with E-state index in [1.807, 2.05) is 32.0 Å². The van der Waals surface area contributed by atoms with Gasteiger partial charge in [-0.05, 0) is 62.3 Å². The molecule has 0 heterocycles. The Bertz CT molecular complexity index is 837. The number of nitrogens with zero attached hydrogens (tertiary/aromatic N) is 2. The molecule has 0 aliphatic heterocycles. The molecule has 7 heteroatoms. The maximum absolute atomic E-state index is 14.3. The Labute approximate surface area is 170 Å². The summed E-state index contributed by atoms with van der Waals surface area (Å²) in [5.74, 6) is -2.17. The average Bonchev–Trinajstić information content (AvgIpc) is 2.63. The summed E-state index contributed by atoms with van der Waals surface area (Å²) in [6, 6.07) is 5.10. The second-order valence-corrected chi connectivity index (χ2v) is 7.41. The molecular weight excluding hydrogens is 379 g/mol. The van der Waals surface area contributed by atoms with Crippen LogP contribution >= 0.6 is 0 Å². The van der Waals surface area contributed by atoms with Crippen LogP contribution in [0.3, 0.4) is 0 Å². The Morgan fingerprint density at radius 2 is 1.83 bits per heavy atom. The minimum absolute atomic E-state index is 0.191. The van der Waals surface area contributed by atoms with Crippen molar-refractivity contribution in [1.82, 2.24) is 4.90 Å². The van der Waals surface area contributed by atoms with Crippen LogP contribution in [0.5, 0.6) is 0 Å². The molecule has 1 atom stereocenters. The molecule has 0 bridgehead atoms. The van der Waals surface area contributed by atoms with Crippen LogP contribution in [0.2, 0.25) is 0 Å². The number of hydrogen-bond donors (Lipinski definition) is 1. The van der Waals surface area contributed by atoms with Gasteiger partial charge in [-0.1, -0.05) is 24.8 Å². The van der Waals surface area contributed by atoms with Crippen LogP contribution in [0.25, 0.3) is 5.57 Å². The van der Waals surface area contributed by atoms with Crippen LogP contribution in [0.1, 0.15) is 42.9 Å². The van der Waals surface area contributed by atoms with Crippen molar-refractivity contribution in [3.63, 3.8) is 0 Å². The van der Waals surface area contributed by atoms with Crippen LogP contribution in [-0.2, 0) is 4.79 Å². The number of carbonyl (C=O) groups is 1.